The maximum absolute atomic E-state index is 12.4. The van der Waals surface area contributed by atoms with E-state index in [0.29, 0.717) is 12.1 Å². The Balaban J connectivity index is 2.14. The van der Waals surface area contributed by atoms with Crippen LogP contribution in [0.1, 0.15) is 28.4 Å². The molecule has 0 saturated heterocycles. The van der Waals surface area contributed by atoms with Gasteiger partial charge < -0.3 is 5.73 Å². The number of benzene rings is 1. The summed E-state index contributed by atoms with van der Waals surface area (Å²) in [5, 5.41) is 0. The molecule has 2 nitrogen and oxygen atoms in total. The molecule has 5 heteroatoms. The van der Waals surface area contributed by atoms with Crippen LogP contribution in [0.3, 0.4) is 0 Å². The Morgan fingerprint density at radius 1 is 1.15 bits per heavy atom. The molecule has 1 unspecified atom stereocenters. The molecule has 2 N–H and O–H groups in total. The first-order valence-corrected chi connectivity index (χ1v) is 6.21. The van der Waals surface area contributed by atoms with Gasteiger partial charge in [-0.25, -0.2) is 0 Å². The van der Waals surface area contributed by atoms with Gasteiger partial charge in [0.1, 0.15) is 0 Å². The van der Waals surface area contributed by atoms with Gasteiger partial charge in [0.05, 0.1) is 17.3 Å². The minimum absolute atomic E-state index is 0.418. The lowest BCUT2D eigenvalue weighted by atomic mass is 9.99. The molecule has 0 bridgehead atoms. The first-order valence-electron chi connectivity index (χ1n) is 6.21. The molecule has 0 aliphatic carbocycles. The van der Waals surface area contributed by atoms with E-state index in [4.69, 9.17) is 5.73 Å². The van der Waals surface area contributed by atoms with Crippen LogP contribution in [0.15, 0.2) is 42.6 Å². The number of pyridine rings is 1. The van der Waals surface area contributed by atoms with Gasteiger partial charge in [-0.2, -0.15) is 13.2 Å². The van der Waals surface area contributed by atoms with Crippen molar-refractivity contribution < 1.29 is 13.2 Å². The first kappa shape index (κ1) is 14.5. The zero-order valence-electron chi connectivity index (χ0n) is 11.0. The molecule has 0 fully saturated rings. The van der Waals surface area contributed by atoms with E-state index in [0.717, 1.165) is 23.4 Å². The Labute approximate surface area is 115 Å². The van der Waals surface area contributed by atoms with E-state index in [1.807, 2.05) is 31.2 Å². The molecule has 20 heavy (non-hydrogen) atoms. The minimum atomic E-state index is -4.37. The summed E-state index contributed by atoms with van der Waals surface area (Å²) in [6, 6.07) is 9.71. The Bertz CT molecular complexity index is 576. The lowest BCUT2D eigenvalue weighted by Gasteiger charge is -2.14. The summed E-state index contributed by atoms with van der Waals surface area (Å²) in [5.74, 6) is 0. The van der Waals surface area contributed by atoms with Crippen molar-refractivity contribution in [1.82, 2.24) is 4.98 Å². The fourth-order valence-corrected chi connectivity index (χ4v) is 1.97. The van der Waals surface area contributed by atoms with Gasteiger partial charge in [0.25, 0.3) is 0 Å². The van der Waals surface area contributed by atoms with E-state index in [9.17, 15) is 13.2 Å². The number of alkyl halides is 3. The minimum Gasteiger partial charge on any atom is -0.322 e. The van der Waals surface area contributed by atoms with Crippen LogP contribution in [0.5, 0.6) is 0 Å². The molecule has 0 amide bonds. The number of hydrogen-bond donors (Lipinski definition) is 1. The molecule has 0 saturated carbocycles. The topological polar surface area (TPSA) is 38.9 Å². The van der Waals surface area contributed by atoms with Crippen molar-refractivity contribution in [2.45, 2.75) is 25.6 Å². The van der Waals surface area contributed by atoms with Crippen LogP contribution < -0.4 is 5.73 Å². The van der Waals surface area contributed by atoms with Crippen LogP contribution in [-0.4, -0.2) is 4.98 Å². The first-order chi connectivity index (χ1) is 9.38. The number of nitrogens with two attached hydrogens (primary N) is 1. The number of rotatable bonds is 3. The Morgan fingerprint density at radius 2 is 1.85 bits per heavy atom. The second-order valence-electron chi connectivity index (χ2n) is 4.71. The van der Waals surface area contributed by atoms with Crippen LogP contribution in [0.25, 0.3) is 0 Å². The van der Waals surface area contributed by atoms with Crippen molar-refractivity contribution in [3.05, 3.63) is 65.0 Å². The van der Waals surface area contributed by atoms with E-state index in [-0.39, 0.29) is 0 Å². The zero-order chi connectivity index (χ0) is 14.8. The zero-order valence-corrected chi connectivity index (χ0v) is 11.0. The Kier molecular flexibility index (Phi) is 4.09. The predicted molar refractivity (Wildman–Crippen MR) is 71.1 cm³/mol. The lowest BCUT2D eigenvalue weighted by molar-refractivity contribution is -0.137. The summed E-state index contributed by atoms with van der Waals surface area (Å²) < 4.78 is 37.3. The maximum Gasteiger partial charge on any atom is 0.417 e. The standard InChI is InChI=1S/C15H15F3N2/c1-10-4-2-3-5-11(10)8-13(19)14-7-6-12(9-20-14)15(16,17)18/h2-7,9,13H,8,19H2,1H3. The summed E-state index contributed by atoms with van der Waals surface area (Å²) in [6.45, 7) is 1.97. The second-order valence-corrected chi connectivity index (χ2v) is 4.71. The van der Waals surface area contributed by atoms with E-state index in [2.05, 4.69) is 4.98 Å². The summed E-state index contributed by atoms with van der Waals surface area (Å²) in [7, 11) is 0. The van der Waals surface area contributed by atoms with Crippen LogP contribution in [0.2, 0.25) is 0 Å². The predicted octanol–water partition coefficient (Wildman–Crippen LogP) is 3.65. The average Bonchev–Trinajstić information content (AvgIpc) is 2.40. The SMILES string of the molecule is Cc1ccccc1CC(N)c1ccc(C(F)(F)F)cn1. The van der Waals surface area contributed by atoms with Crippen molar-refractivity contribution in [2.24, 2.45) is 5.73 Å². The summed E-state index contributed by atoms with van der Waals surface area (Å²) >= 11 is 0. The van der Waals surface area contributed by atoms with Gasteiger partial charge in [-0.1, -0.05) is 24.3 Å². The van der Waals surface area contributed by atoms with E-state index >= 15 is 0 Å². The highest BCUT2D eigenvalue weighted by Crippen LogP contribution is 2.29. The number of nitrogens with zero attached hydrogens (tertiary/aromatic N) is 1. The Morgan fingerprint density at radius 3 is 2.40 bits per heavy atom. The number of hydrogen-bond acceptors (Lipinski definition) is 2. The number of aryl methyl sites for hydroxylation is 1. The van der Waals surface area contributed by atoms with Gasteiger partial charge in [-0.3, -0.25) is 4.98 Å². The van der Waals surface area contributed by atoms with Gasteiger partial charge in [0, 0.05) is 6.20 Å². The molecule has 1 aromatic carbocycles. The van der Waals surface area contributed by atoms with Crippen LogP contribution in [0, 0.1) is 6.92 Å². The largest absolute Gasteiger partial charge is 0.417 e. The van der Waals surface area contributed by atoms with Gasteiger partial charge >= 0.3 is 6.18 Å². The highest BCUT2D eigenvalue weighted by Gasteiger charge is 2.30. The highest BCUT2D eigenvalue weighted by atomic mass is 19.4. The van der Waals surface area contributed by atoms with Crippen molar-refractivity contribution in [1.29, 1.82) is 0 Å². The third-order valence-electron chi connectivity index (χ3n) is 3.19. The quantitative estimate of drug-likeness (QED) is 0.932. The summed E-state index contributed by atoms with van der Waals surface area (Å²) in [5.41, 5.74) is 7.89. The molecule has 2 rings (SSSR count). The van der Waals surface area contributed by atoms with Gasteiger partial charge in [0.15, 0.2) is 0 Å². The second kappa shape index (κ2) is 5.63. The number of halogens is 3. The van der Waals surface area contributed by atoms with E-state index in [1.54, 1.807) is 0 Å². The molecule has 1 atom stereocenters. The third kappa shape index (κ3) is 3.36. The van der Waals surface area contributed by atoms with Crippen molar-refractivity contribution in [3.8, 4) is 0 Å². The molecule has 106 valence electrons. The van der Waals surface area contributed by atoms with Crippen LogP contribution >= 0.6 is 0 Å². The summed E-state index contributed by atoms with van der Waals surface area (Å²) in [4.78, 5) is 3.83. The van der Waals surface area contributed by atoms with Crippen LogP contribution in [0.4, 0.5) is 13.2 Å². The molecule has 0 aliphatic heterocycles. The average molecular weight is 280 g/mol. The fraction of sp³-hybridized carbons (Fsp3) is 0.267. The van der Waals surface area contributed by atoms with Gasteiger partial charge in [-0.05, 0) is 36.6 Å². The van der Waals surface area contributed by atoms with Gasteiger partial charge in [0.2, 0.25) is 0 Å². The molecular weight excluding hydrogens is 265 g/mol. The third-order valence-corrected chi connectivity index (χ3v) is 3.19. The molecule has 0 aliphatic rings. The molecule has 1 aromatic heterocycles. The summed E-state index contributed by atoms with van der Waals surface area (Å²) in [6.07, 6.45) is -3.00. The van der Waals surface area contributed by atoms with E-state index in [1.165, 1.54) is 6.07 Å². The fourth-order valence-electron chi connectivity index (χ4n) is 1.97. The molecule has 0 spiro atoms. The van der Waals surface area contributed by atoms with Crippen molar-refractivity contribution >= 4 is 0 Å². The molecule has 1 heterocycles. The monoisotopic (exact) mass is 280 g/mol. The molecule has 0 radical (unpaired) electrons. The molecule has 2 aromatic rings. The lowest BCUT2D eigenvalue weighted by Crippen LogP contribution is -2.16. The van der Waals surface area contributed by atoms with Crippen molar-refractivity contribution in [2.75, 3.05) is 0 Å². The van der Waals surface area contributed by atoms with E-state index < -0.39 is 17.8 Å². The normalized spacial score (nSPS) is 13.2. The Hall–Kier alpha value is -1.88. The number of aromatic nitrogens is 1. The van der Waals surface area contributed by atoms with Crippen molar-refractivity contribution in [3.63, 3.8) is 0 Å². The molecular formula is C15H15F3N2. The maximum atomic E-state index is 12.4. The van der Waals surface area contributed by atoms with Crippen LogP contribution in [-0.2, 0) is 12.6 Å². The highest BCUT2D eigenvalue weighted by molar-refractivity contribution is 5.28. The smallest absolute Gasteiger partial charge is 0.322 e. The van der Waals surface area contributed by atoms with Gasteiger partial charge in [-0.15, -0.1) is 0 Å².